The summed E-state index contributed by atoms with van der Waals surface area (Å²) in [7, 11) is 0. The zero-order valence-corrected chi connectivity index (χ0v) is 15.9. The predicted molar refractivity (Wildman–Crippen MR) is 105 cm³/mol. The van der Waals surface area contributed by atoms with Gasteiger partial charge in [0.2, 0.25) is 5.91 Å². The van der Waals surface area contributed by atoms with Crippen LogP contribution in [-0.2, 0) is 16.0 Å². The van der Waals surface area contributed by atoms with Gasteiger partial charge in [-0.2, -0.15) is 0 Å². The molecular weight excluding hydrogens is 352 g/mol. The quantitative estimate of drug-likeness (QED) is 0.750. The summed E-state index contributed by atoms with van der Waals surface area (Å²) in [6.07, 6.45) is 0.261. The molecule has 0 radical (unpaired) electrons. The smallest absolute Gasteiger partial charge is 0.412 e. The highest BCUT2D eigenvalue weighted by Crippen LogP contribution is 2.19. The van der Waals surface area contributed by atoms with Gasteiger partial charge in [0.05, 0.1) is 0 Å². The number of benzene rings is 2. The van der Waals surface area contributed by atoms with Crippen molar-refractivity contribution in [3.05, 3.63) is 59.1 Å². The third-order valence-electron chi connectivity index (χ3n) is 3.40. The van der Waals surface area contributed by atoms with Crippen molar-refractivity contribution in [1.82, 2.24) is 0 Å². The standard InChI is InChI=1S/C20H23ClN2O3/c1-20(2,3)26-19(25)23-17-7-5-4-6-14(17)8-13-18(24)22-16-11-9-15(21)10-12-16/h4-7,9-12H,8,13H2,1-3H3,(H,22,24)(H,23,25). The third-order valence-corrected chi connectivity index (χ3v) is 3.65. The number of rotatable bonds is 5. The summed E-state index contributed by atoms with van der Waals surface area (Å²) in [5.41, 5.74) is 1.63. The Kier molecular flexibility index (Phi) is 6.64. The van der Waals surface area contributed by atoms with Gasteiger partial charge in [0.1, 0.15) is 5.60 Å². The molecule has 2 amide bonds. The van der Waals surface area contributed by atoms with Gasteiger partial charge in [-0.1, -0.05) is 29.8 Å². The van der Waals surface area contributed by atoms with Crippen molar-refractivity contribution < 1.29 is 14.3 Å². The maximum Gasteiger partial charge on any atom is 0.412 e. The third kappa shape index (κ3) is 6.76. The Balaban J connectivity index is 1.94. The second-order valence-corrected chi connectivity index (χ2v) is 7.28. The molecular formula is C20H23ClN2O3. The summed E-state index contributed by atoms with van der Waals surface area (Å²) in [4.78, 5) is 24.1. The van der Waals surface area contributed by atoms with Crippen molar-refractivity contribution >= 4 is 35.0 Å². The first kappa shape index (κ1) is 19.8. The largest absolute Gasteiger partial charge is 0.444 e. The Hall–Kier alpha value is -2.53. The number of amides is 2. The minimum Gasteiger partial charge on any atom is -0.444 e. The van der Waals surface area contributed by atoms with Gasteiger partial charge in [-0.3, -0.25) is 10.1 Å². The average molecular weight is 375 g/mol. The molecule has 0 aliphatic carbocycles. The summed E-state index contributed by atoms with van der Waals surface area (Å²) in [5, 5.41) is 6.18. The lowest BCUT2D eigenvalue weighted by molar-refractivity contribution is -0.116. The van der Waals surface area contributed by atoms with Crippen LogP contribution < -0.4 is 10.6 Å². The molecule has 0 aliphatic rings. The van der Waals surface area contributed by atoms with E-state index in [-0.39, 0.29) is 12.3 Å². The number of anilines is 2. The zero-order chi connectivity index (χ0) is 19.2. The molecule has 0 saturated carbocycles. The van der Waals surface area contributed by atoms with Crippen molar-refractivity contribution in [1.29, 1.82) is 0 Å². The van der Waals surface area contributed by atoms with E-state index in [4.69, 9.17) is 16.3 Å². The van der Waals surface area contributed by atoms with Crippen LogP contribution in [0.1, 0.15) is 32.8 Å². The van der Waals surface area contributed by atoms with E-state index in [1.165, 1.54) is 0 Å². The highest BCUT2D eigenvalue weighted by atomic mass is 35.5. The molecule has 0 spiro atoms. The topological polar surface area (TPSA) is 67.4 Å². The molecule has 0 aliphatic heterocycles. The molecule has 2 aromatic rings. The van der Waals surface area contributed by atoms with E-state index in [0.29, 0.717) is 22.8 Å². The van der Waals surface area contributed by atoms with Crippen molar-refractivity contribution in [3.8, 4) is 0 Å². The normalized spacial score (nSPS) is 10.9. The molecule has 0 aromatic heterocycles. The molecule has 6 heteroatoms. The van der Waals surface area contributed by atoms with Crippen molar-refractivity contribution in [2.75, 3.05) is 10.6 Å². The first-order chi connectivity index (χ1) is 12.2. The first-order valence-corrected chi connectivity index (χ1v) is 8.74. The summed E-state index contributed by atoms with van der Waals surface area (Å²) in [6.45, 7) is 5.42. The maximum atomic E-state index is 12.1. The molecule has 0 unspecified atom stereocenters. The SMILES string of the molecule is CC(C)(C)OC(=O)Nc1ccccc1CCC(=O)Nc1ccc(Cl)cc1. The van der Waals surface area contributed by atoms with Crippen LogP contribution in [0.3, 0.4) is 0 Å². The molecule has 0 heterocycles. The Labute approximate surface area is 158 Å². The number of halogens is 1. The van der Waals surface area contributed by atoms with Crippen molar-refractivity contribution in [2.45, 2.75) is 39.2 Å². The Morgan fingerprint density at radius 3 is 2.31 bits per heavy atom. The Morgan fingerprint density at radius 1 is 1.00 bits per heavy atom. The molecule has 5 nitrogen and oxygen atoms in total. The minimum atomic E-state index is -0.572. The van der Waals surface area contributed by atoms with E-state index in [0.717, 1.165) is 5.56 Å². The van der Waals surface area contributed by atoms with Crippen LogP contribution in [0.5, 0.6) is 0 Å². The van der Waals surface area contributed by atoms with E-state index < -0.39 is 11.7 Å². The summed E-state index contributed by atoms with van der Waals surface area (Å²) in [5.74, 6) is -0.112. The Bertz CT molecular complexity index is 767. The number of carbonyl (C=O) groups is 2. The molecule has 2 rings (SSSR count). The van der Waals surface area contributed by atoms with Gasteiger partial charge in [-0.15, -0.1) is 0 Å². The van der Waals surface area contributed by atoms with E-state index in [1.807, 2.05) is 18.2 Å². The summed E-state index contributed by atoms with van der Waals surface area (Å²) >= 11 is 5.83. The molecule has 0 saturated heterocycles. The highest BCUT2D eigenvalue weighted by Gasteiger charge is 2.17. The van der Waals surface area contributed by atoms with Crippen molar-refractivity contribution in [2.24, 2.45) is 0 Å². The van der Waals surface area contributed by atoms with Gasteiger partial charge in [-0.25, -0.2) is 4.79 Å². The number of aryl methyl sites for hydroxylation is 1. The van der Waals surface area contributed by atoms with Crippen LogP contribution >= 0.6 is 11.6 Å². The fourth-order valence-corrected chi connectivity index (χ4v) is 2.40. The summed E-state index contributed by atoms with van der Waals surface area (Å²) in [6, 6.07) is 14.3. The Morgan fingerprint density at radius 2 is 1.65 bits per heavy atom. The average Bonchev–Trinajstić information content (AvgIpc) is 2.54. The lowest BCUT2D eigenvalue weighted by Crippen LogP contribution is -2.27. The van der Waals surface area contributed by atoms with Crippen LogP contribution in [-0.4, -0.2) is 17.6 Å². The molecule has 2 aromatic carbocycles. The van der Waals surface area contributed by atoms with E-state index in [2.05, 4.69) is 10.6 Å². The zero-order valence-electron chi connectivity index (χ0n) is 15.1. The fourth-order valence-electron chi connectivity index (χ4n) is 2.28. The monoisotopic (exact) mass is 374 g/mol. The second-order valence-electron chi connectivity index (χ2n) is 6.84. The molecule has 0 bridgehead atoms. The maximum absolute atomic E-state index is 12.1. The number of carbonyl (C=O) groups excluding carboxylic acids is 2. The molecule has 26 heavy (non-hydrogen) atoms. The number of nitrogens with one attached hydrogen (secondary N) is 2. The lowest BCUT2D eigenvalue weighted by atomic mass is 10.1. The summed E-state index contributed by atoms with van der Waals surface area (Å²) < 4.78 is 5.27. The number of ether oxygens (including phenoxy) is 1. The van der Waals surface area contributed by atoms with Crippen LogP contribution in [0, 0.1) is 0 Å². The van der Waals surface area contributed by atoms with E-state index in [9.17, 15) is 9.59 Å². The number of para-hydroxylation sites is 1. The van der Waals surface area contributed by atoms with Crippen LogP contribution in [0.4, 0.5) is 16.2 Å². The van der Waals surface area contributed by atoms with Gasteiger partial charge in [0, 0.05) is 22.8 Å². The number of hydrogen-bond acceptors (Lipinski definition) is 3. The van der Waals surface area contributed by atoms with Crippen LogP contribution in [0.2, 0.25) is 5.02 Å². The van der Waals surface area contributed by atoms with E-state index in [1.54, 1.807) is 51.1 Å². The first-order valence-electron chi connectivity index (χ1n) is 8.36. The van der Waals surface area contributed by atoms with Gasteiger partial charge in [-0.05, 0) is 63.1 Å². The predicted octanol–water partition coefficient (Wildman–Crippen LogP) is 5.26. The van der Waals surface area contributed by atoms with Crippen molar-refractivity contribution in [3.63, 3.8) is 0 Å². The van der Waals surface area contributed by atoms with Gasteiger partial charge >= 0.3 is 6.09 Å². The van der Waals surface area contributed by atoms with Gasteiger partial charge in [0.15, 0.2) is 0 Å². The highest BCUT2D eigenvalue weighted by molar-refractivity contribution is 6.30. The lowest BCUT2D eigenvalue weighted by Gasteiger charge is -2.20. The number of hydrogen-bond donors (Lipinski definition) is 2. The van der Waals surface area contributed by atoms with Crippen LogP contribution in [0.25, 0.3) is 0 Å². The fraction of sp³-hybridized carbons (Fsp3) is 0.300. The van der Waals surface area contributed by atoms with Gasteiger partial charge in [0.25, 0.3) is 0 Å². The van der Waals surface area contributed by atoms with Crippen LogP contribution in [0.15, 0.2) is 48.5 Å². The molecule has 0 atom stereocenters. The van der Waals surface area contributed by atoms with Gasteiger partial charge < -0.3 is 10.1 Å². The molecule has 0 fully saturated rings. The molecule has 138 valence electrons. The molecule has 2 N–H and O–H groups in total. The second kappa shape index (κ2) is 8.72. The minimum absolute atomic E-state index is 0.112. The van der Waals surface area contributed by atoms with E-state index >= 15 is 0 Å².